The van der Waals surface area contributed by atoms with Crippen molar-refractivity contribution in [3.63, 3.8) is 0 Å². The van der Waals surface area contributed by atoms with E-state index in [1.165, 1.54) is 54.6 Å². The third-order valence-corrected chi connectivity index (χ3v) is 28.1. The monoisotopic (exact) mass is 1790 g/mol. The van der Waals surface area contributed by atoms with E-state index in [2.05, 4.69) is 44.0 Å². The summed E-state index contributed by atoms with van der Waals surface area (Å²) in [5.41, 5.74) is 33.4. The Labute approximate surface area is 756 Å². The lowest BCUT2D eigenvalue weighted by molar-refractivity contribution is -0.131. The lowest BCUT2D eigenvalue weighted by atomic mass is 9.83. The fraction of sp³-hybridized carbons (Fsp3) is 0.168. The standard InChI is InChI=1S/C28H23FN4O3S.C28H23N3O.C26H27N5O3S.C19H17FN4OS/c29-24-16-7-8-17-25(24)37(35,36)32-23-15-9-10-20(18-23)19-33-26(34)28(31-27(33)30,21-11-3-1-4-12-21)22-13-5-2-6-14-22;29-27-30-28(24-15-6-2-7-16-24,25-17-8-3-9-18-25)26(32)31(27)20-21-11-10-14-23(19-21)22-12-4-1-5-13-22;1-26(22-10-5-8-20(16-22)21-9-6-12-28-17-21)24(32)30(25(27)29-26)18-19-7-4-11-23(15-19)31-13-2-3-14-35(31,33)34;1-24-17(25)8-19(14-3-4-14,23-18(24)22)16-7-13(10-26-16)11-2-5-15(20)12(6-11)9-21/h1-18,32H,19H2,(H2,30,31);1-19H,20H2,(H2,29,30);4-12,15-17H,2-3,13-14,18H2,1H3,(H2,27,29);2,5-7,10,14H,3-4,8H2,1H3,(H2,22,23)/t;;;19-/m...1/s1. The quantitative estimate of drug-likeness (QED) is 0.0474. The molecule has 7 heterocycles. The van der Waals surface area contributed by atoms with E-state index in [-0.39, 0.29) is 77.6 Å². The molecule has 2 aromatic heterocycles. The number of aliphatic imine (C=N–C) groups is 4. The molecule has 2 fully saturated rings. The van der Waals surface area contributed by atoms with Gasteiger partial charge in [-0.25, -0.2) is 45.6 Å². The lowest BCUT2D eigenvalue weighted by Gasteiger charge is -2.35. The van der Waals surface area contributed by atoms with Crippen molar-refractivity contribution < 1.29 is 44.8 Å². The summed E-state index contributed by atoms with van der Waals surface area (Å²) in [6.07, 6.45) is 7.34. The lowest BCUT2D eigenvalue weighted by Crippen LogP contribution is -2.49. The van der Waals surface area contributed by atoms with E-state index in [1.807, 2.05) is 218 Å². The van der Waals surface area contributed by atoms with Crippen LogP contribution < -0.4 is 32.0 Å². The molecule has 1 saturated carbocycles. The average Bonchev–Trinajstić information content (AvgIpc) is 1.59. The number of nitriles is 1. The number of nitrogens with one attached hydrogen (secondary N) is 1. The van der Waals surface area contributed by atoms with Crippen molar-refractivity contribution in [3.05, 3.63) is 394 Å². The van der Waals surface area contributed by atoms with Crippen molar-refractivity contribution in [2.45, 2.75) is 85.7 Å². The molecule has 6 aliphatic rings. The smallest absolute Gasteiger partial charge is 0.266 e. The van der Waals surface area contributed by atoms with Gasteiger partial charge in [0.05, 0.1) is 43.1 Å². The number of aromatic nitrogens is 1. The summed E-state index contributed by atoms with van der Waals surface area (Å²) in [4.78, 5) is 83.2. The molecule has 654 valence electrons. The van der Waals surface area contributed by atoms with E-state index in [0.29, 0.717) is 54.2 Å². The van der Waals surface area contributed by atoms with Gasteiger partial charge in [-0.15, -0.1) is 11.3 Å². The number of pyridine rings is 1. The number of guanidine groups is 4. The molecular weight excluding hydrogens is 1700 g/mol. The molecule has 1 saturated heterocycles. The van der Waals surface area contributed by atoms with Crippen LogP contribution in [0, 0.1) is 28.9 Å². The molecule has 0 radical (unpaired) electrons. The van der Waals surface area contributed by atoms with E-state index in [1.54, 1.807) is 79.8 Å². The first-order chi connectivity index (χ1) is 62.7. The predicted octanol–water partition coefficient (Wildman–Crippen LogP) is 15.6. The SMILES string of the molecule is CC1(c2cccc(-c3cccnc3)c2)N=C(N)N(Cc2cccc(N3CCCCS3(=O)=O)c2)C1=O.CN1C(=O)C[C@](c2cc(-c3ccc(F)c(C#N)c3)cs2)(C2CC2)N=C1N.NC1=NC(c2ccccc2)(c2ccccc2)C(=O)N1Cc1cccc(-c2ccccc2)c1.NC1=NC(c2ccccc2)(c2ccccc2)C(=O)N1Cc1cccc(NS(=O)(=O)c2ccccc2F)c1. The number of amides is 4. The molecule has 9 N–H and O–H groups in total. The number of benzene rings is 11. The molecule has 0 spiro atoms. The van der Waals surface area contributed by atoms with Crippen LogP contribution in [0.1, 0.15) is 94.0 Å². The number of carbonyl (C=O) groups excluding carboxylic acids is 4. The van der Waals surface area contributed by atoms with Crippen molar-refractivity contribution in [3.8, 4) is 39.4 Å². The number of anilines is 2. The molecule has 24 nitrogen and oxygen atoms in total. The maximum absolute atomic E-state index is 14.1. The zero-order valence-corrected chi connectivity index (χ0v) is 73.3. The fourth-order valence-electron chi connectivity index (χ4n) is 16.8. The largest absolute Gasteiger partial charge is 0.369 e. The Morgan fingerprint density at radius 2 is 0.985 bits per heavy atom. The van der Waals surface area contributed by atoms with E-state index >= 15 is 0 Å². The van der Waals surface area contributed by atoms with E-state index in [9.17, 15) is 44.8 Å². The number of hydrogen-bond donors (Lipinski definition) is 5. The van der Waals surface area contributed by atoms with Gasteiger partial charge in [0.25, 0.3) is 27.7 Å². The van der Waals surface area contributed by atoms with Crippen molar-refractivity contribution in [1.29, 1.82) is 5.26 Å². The third kappa shape index (κ3) is 17.9. The Morgan fingerprint density at radius 1 is 0.492 bits per heavy atom. The Kier molecular flexibility index (Phi) is 25.2. The second-order valence-corrected chi connectivity index (χ2v) is 36.8. The zero-order chi connectivity index (χ0) is 91.1. The molecule has 29 heteroatoms. The Balaban J connectivity index is 0.000000128. The van der Waals surface area contributed by atoms with Gasteiger partial charge in [-0.05, 0) is 195 Å². The first-order valence-corrected chi connectivity index (χ1v) is 45.9. The second kappa shape index (κ2) is 37.1. The molecule has 5 aliphatic heterocycles. The molecule has 4 amide bonds. The minimum atomic E-state index is -4.15. The van der Waals surface area contributed by atoms with Crippen LogP contribution in [0.2, 0.25) is 0 Å². The van der Waals surface area contributed by atoms with Crippen LogP contribution in [0.3, 0.4) is 0 Å². The minimum Gasteiger partial charge on any atom is -0.369 e. The number of thiophene rings is 1. The summed E-state index contributed by atoms with van der Waals surface area (Å²) in [7, 11) is -5.84. The maximum atomic E-state index is 14.1. The van der Waals surface area contributed by atoms with Crippen LogP contribution in [0.5, 0.6) is 0 Å². The summed E-state index contributed by atoms with van der Waals surface area (Å²) >= 11 is 1.53. The summed E-state index contributed by atoms with van der Waals surface area (Å²) in [5, 5.41) is 11.0. The number of rotatable bonds is 20. The summed E-state index contributed by atoms with van der Waals surface area (Å²) in [6.45, 7) is 2.85. The molecule has 11 aromatic carbocycles. The summed E-state index contributed by atoms with van der Waals surface area (Å²) in [6, 6.07) is 94.8. The van der Waals surface area contributed by atoms with Crippen LogP contribution >= 0.6 is 11.3 Å². The third-order valence-electron chi connectivity index (χ3n) is 23.7. The topological polar surface area (TPSA) is 355 Å². The van der Waals surface area contributed by atoms with Gasteiger partial charge in [0.1, 0.15) is 28.1 Å². The van der Waals surface area contributed by atoms with E-state index < -0.39 is 58.7 Å². The Morgan fingerprint density at radius 3 is 1.54 bits per heavy atom. The number of nitrogens with zero attached hydrogens (tertiary/aromatic N) is 11. The molecule has 19 rings (SSSR count). The fourth-order valence-corrected chi connectivity index (χ4v) is 20.7. The van der Waals surface area contributed by atoms with Crippen LogP contribution in [0.4, 0.5) is 20.2 Å². The summed E-state index contributed by atoms with van der Waals surface area (Å²) in [5.74, 6) is -0.972. The molecular formula is C101H90F2N16O8S3. The number of nitrogens with two attached hydrogens (primary N) is 4. The second-order valence-electron chi connectivity index (χ2n) is 32.2. The average molecular weight is 1790 g/mol. The Hall–Kier alpha value is -15.1. The molecule has 13 aromatic rings. The highest BCUT2D eigenvalue weighted by atomic mass is 32.2. The van der Waals surface area contributed by atoms with E-state index in [4.69, 9.17) is 38.2 Å². The molecule has 0 bridgehead atoms. The number of carbonyl (C=O) groups is 4. The number of hydrogen-bond acceptors (Lipinski definition) is 19. The van der Waals surface area contributed by atoms with Gasteiger partial charge in [0.15, 0.2) is 40.5 Å². The van der Waals surface area contributed by atoms with Gasteiger partial charge in [-0.1, -0.05) is 237 Å². The first-order valence-electron chi connectivity index (χ1n) is 42.0. The summed E-state index contributed by atoms with van der Waals surface area (Å²) < 4.78 is 82.0. The van der Waals surface area contributed by atoms with E-state index in [0.717, 1.165) is 91.4 Å². The van der Waals surface area contributed by atoms with Gasteiger partial charge in [0.2, 0.25) is 15.9 Å². The highest BCUT2D eigenvalue weighted by Gasteiger charge is 2.54. The minimum absolute atomic E-state index is 0.0175. The molecule has 130 heavy (non-hydrogen) atoms. The Bertz CT molecular complexity index is 6790. The number of sulfonamides is 2. The van der Waals surface area contributed by atoms with Crippen LogP contribution in [-0.2, 0) is 81.0 Å². The highest BCUT2D eigenvalue weighted by molar-refractivity contribution is 7.93. The van der Waals surface area contributed by atoms with Gasteiger partial charge in [-0.2, -0.15) is 5.26 Å². The van der Waals surface area contributed by atoms with Gasteiger partial charge < -0.3 is 22.9 Å². The predicted molar refractivity (Wildman–Crippen MR) is 501 cm³/mol. The van der Waals surface area contributed by atoms with Crippen molar-refractivity contribution in [1.82, 2.24) is 24.6 Å². The highest BCUT2D eigenvalue weighted by Crippen LogP contribution is 2.54. The number of halogens is 2. The molecule has 1 aliphatic carbocycles. The molecule has 2 atom stereocenters. The van der Waals surface area contributed by atoms with Crippen molar-refractivity contribution in [2.75, 3.05) is 28.4 Å². The van der Waals surface area contributed by atoms with Crippen LogP contribution in [-0.4, -0.2) is 108 Å². The molecule has 1 unspecified atom stereocenters. The first kappa shape index (κ1) is 88.3. The zero-order valence-electron chi connectivity index (χ0n) is 70.8. The normalized spacial score (nSPS) is 18.3. The van der Waals surface area contributed by atoms with Crippen molar-refractivity contribution in [2.24, 2.45) is 48.8 Å². The van der Waals surface area contributed by atoms with Crippen LogP contribution in [0.15, 0.2) is 352 Å². The van der Waals surface area contributed by atoms with Crippen LogP contribution in [0.25, 0.3) is 33.4 Å². The van der Waals surface area contributed by atoms with Gasteiger partial charge in [-0.3, -0.25) is 52.8 Å². The van der Waals surface area contributed by atoms with Gasteiger partial charge >= 0.3 is 0 Å². The van der Waals surface area contributed by atoms with Crippen molar-refractivity contribution >= 4 is 90.2 Å². The van der Waals surface area contributed by atoms with Gasteiger partial charge in [0, 0.05) is 36.6 Å². The maximum Gasteiger partial charge on any atom is 0.266 e.